The van der Waals surface area contributed by atoms with Gasteiger partial charge in [-0.1, -0.05) is 84.9 Å². The molecular formula is C46H52N2O4S4. The Morgan fingerprint density at radius 2 is 0.750 bits per heavy atom. The van der Waals surface area contributed by atoms with Crippen LogP contribution in [0.15, 0.2) is 131 Å². The van der Waals surface area contributed by atoms with Crippen LogP contribution in [0.25, 0.3) is 0 Å². The maximum absolute atomic E-state index is 6.19. The molecule has 0 radical (unpaired) electrons. The molecule has 0 spiro atoms. The van der Waals surface area contributed by atoms with E-state index in [9.17, 15) is 0 Å². The minimum absolute atomic E-state index is 0.520. The van der Waals surface area contributed by atoms with Crippen molar-refractivity contribution in [2.75, 3.05) is 75.6 Å². The zero-order chi connectivity index (χ0) is 38.0. The average molecular weight is 825 g/mol. The summed E-state index contributed by atoms with van der Waals surface area (Å²) in [5.41, 5.74) is 5.20. The smallest absolute Gasteiger partial charge is 0.133 e. The first-order chi connectivity index (χ1) is 27.8. The van der Waals surface area contributed by atoms with Crippen molar-refractivity contribution in [3.63, 3.8) is 0 Å². The summed E-state index contributed by atoms with van der Waals surface area (Å²) in [5, 5.41) is 0. The zero-order valence-electron chi connectivity index (χ0n) is 32.0. The summed E-state index contributed by atoms with van der Waals surface area (Å²) in [6, 6.07) is 42.9. The summed E-state index contributed by atoms with van der Waals surface area (Å²) in [7, 11) is 0. The third-order valence-corrected chi connectivity index (χ3v) is 13.7. The van der Waals surface area contributed by atoms with Gasteiger partial charge >= 0.3 is 0 Å². The lowest BCUT2D eigenvalue weighted by Crippen LogP contribution is -2.29. The van der Waals surface area contributed by atoms with Crippen molar-refractivity contribution in [1.82, 2.24) is 9.80 Å². The van der Waals surface area contributed by atoms with Gasteiger partial charge < -0.3 is 18.9 Å². The van der Waals surface area contributed by atoms with Crippen LogP contribution in [0.2, 0.25) is 0 Å². The third kappa shape index (κ3) is 12.8. The second kappa shape index (κ2) is 22.5. The van der Waals surface area contributed by atoms with Gasteiger partial charge in [0, 0.05) is 94.7 Å². The van der Waals surface area contributed by atoms with Crippen molar-refractivity contribution in [2.45, 2.75) is 34.4 Å². The monoisotopic (exact) mass is 824 g/mol. The lowest BCUT2D eigenvalue weighted by Gasteiger charge is -2.24. The molecule has 10 heteroatoms. The van der Waals surface area contributed by atoms with Crippen molar-refractivity contribution in [1.29, 1.82) is 0 Å². The first-order valence-electron chi connectivity index (χ1n) is 19.6. The zero-order valence-corrected chi connectivity index (χ0v) is 35.3. The highest BCUT2D eigenvalue weighted by Crippen LogP contribution is 2.32. The van der Waals surface area contributed by atoms with E-state index in [0.717, 1.165) is 96.8 Å². The van der Waals surface area contributed by atoms with Crippen LogP contribution in [-0.4, -0.2) is 85.4 Å². The second-order valence-corrected chi connectivity index (χ2v) is 18.2. The van der Waals surface area contributed by atoms with Crippen molar-refractivity contribution >= 4 is 47.0 Å². The van der Waals surface area contributed by atoms with Crippen LogP contribution in [0.3, 0.4) is 0 Å². The molecule has 294 valence electrons. The number of fused-ring (bicyclic) bond motifs is 4. The summed E-state index contributed by atoms with van der Waals surface area (Å²) < 4.78 is 24.7. The molecule has 56 heavy (non-hydrogen) atoms. The van der Waals surface area contributed by atoms with E-state index in [2.05, 4.69) is 107 Å². The molecule has 5 aromatic carbocycles. The Kier molecular flexibility index (Phi) is 16.4. The Hall–Kier alpha value is -3.38. The van der Waals surface area contributed by atoms with Crippen LogP contribution in [0.5, 0.6) is 23.0 Å². The van der Waals surface area contributed by atoms with Crippen LogP contribution in [0.1, 0.15) is 22.3 Å². The average Bonchev–Trinajstić information content (AvgIpc) is 3.23. The third-order valence-electron chi connectivity index (χ3n) is 9.62. The minimum atomic E-state index is 0.520. The maximum Gasteiger partial charge on any atom is 0.133 e. The van der Waals surface area contributed by atoms with E-state index in [-0.39, 0.29) is 0 Å². The van der Waals surface area contributed by atoms with Crippen LogP contribution < -0.4 is 18.9 Å². The molecule has 2 heterocycles. The van der Waals surface area contributed by atoms with Crippen LogP contribution in [0.4, 0.5) is 0 Å². The number of thioether (sulfide) groups is 4. The number of ether oxygens (including phenoxy) is 4. The van der Waals surface area contributed by atoms with Crippen molar-refractivity contribution < 1.29 is 18.9 Å². The van der Waals surface area contributed by atoms with Crippen molar-refractivity contribution in [3.8, 4) is 23.0 Å². The SMILES string of the molecule is c1ccc2c(c1)CSCCN(Cc1ccc(CN3CCSCc4ccccc4OCCOc4ccccc4SCC3)cc1)CCSc1ccccc1OCCO2. The van der Waals surface area contributed by atoms with Gasteiger partial charge in [0.15, 0.2) is 0 Å². The Bertz CT molecular complexity index is 1790. The van der Waals surface area contributed by atoms with Gasteiger partial charge in [-0.05, 0) is 47.5 Å². The number of rotatable bonds is 4. The molecule has 0 aliphatic carbocycles. The highest BCUT2D eigenvalue weighted by molar-refractivity contribution is 7.99. The van der Waals surface area contributed by atoms with Crippen molar-refractivity contribution in [2.24, 2.45) is 0 Å². The Morgan fingerprint density at radius 1 is 0.393 bits per heavy atom. The van der Waals surface area contributed by atoms with Gasteiger partial charge in [0.2, 0.25) is 0 Å². The summed E-state index contributed by atoms with van der Waals surface area (Å²) in [5.74, 6) is 9.79. The van der Waals surface area contributed by atoms with Gasteiger partial charge in [-0.2, -0.15) is 23.5 Å². The molecule has 0 atom stereocenters. The molecule has 0 aromatic heterocycles. The first-order valence-corrected chi connectivity index (χ1v) is 23.8. The van der Waals surface area contributed by atoms with Crippen LogP contribution in [0, 0.1) is 0 Å². The lowest BCUT2D eigenvalue weighted by atomic mass is 10.1. The van der Waals surface area contributed by atoms with E-state index in [0.29, 0.717) is 26.4 Å². The number of para-hydroxylation sites is 4. The standard InChI is InChI=1S/C46H52N2O4S4/c1-3-11-41-39(9-1)35-53-29-21-47(23-31-55-45-15-7-5-13-43(45)51-27-25-49-41)33-37-17-19-38(20-18-37)34-48-22-30-54-36-40-10-2-4-12-42(40)50-26-28-52-44-14-6-8-16-46(44)56-32-24-48/h1-20H,21-36H2. The molecule has 0 unspecified atom stereocenters. The molecule has 0 N–H and O–H groups in total. The quantitative estimate of drug-likeness (QED) is 0.175. The van der Waals surface area contributed by atoms with E-state index in [1.165, 1.54) is 32.0 Å². The fourth-order valence-electron chi connectivity index (χ4n) is 6.64. The van der Waals surface area contributed by atoms with Gasteiger partial charge in [-0.15, -0.1) is 23.5 Å². The molecule has 2 aliphatic heterocycles. The molecule has 0 amide bonds. The summed E-state index contributed by atoms with van der Waals surface area (Å²) in [4.78, 5) is 7.59. The molecule has 7 rings (SSSR count). The first kappa shape index (κ1) is 40.8. The van der Waals surface area contributed by atoms with Gasteiger partial charge in [-0.25, -0.2) is 0 Å². The number of hydrogen-bond acceptors (Lipinski definition) is 10. The lowest BCUT2D eigenvalue weighted by molar-refractivity contribution is 0.213. The molecule has 0 saturated carbocycles. The van der Waals surface area contributed by atoms with E-state index in [1.54, 1.807) is 0 Å². The largest absolute Gasteiger partial charge is 0.490 e. The fraction of sp³-hybridized carbons (Fsp3) is 0.348. The molecular weight excluding hydrogens is 773 g/mol. The van der Waals surface area contributed by atoms with Gasteiger partial charge in [0.1, 0.15) is 49.4 Å². The summed E-state index contributed by atoms with van der Waals surface area (Å²) >= 11 is 7.71. The van der Waals surface area contributed by atoms with Crippen LogP contribution >= 0.6 is 47.0 Å². The number of hydrogen-bond donors (Lipinski definition) is 0. The molecule has 0 saturated heterocycles. The van der Waals surface area contributed by atoms with Gasteiger partial charge in [0.25, 0.3) is 0 Å². The van der Waals surface area contributed by atoms with Gasteiger partial charge in [-0.3, -0.25) is 9.80 Å². The van der Waals surface area contributed by atoms with Crippen LogP contribution in [-0.2, 0) is 24.6 Å². The molecule has 5 aromatic rings. The Morgan fingerprint density at radius 3 is 1.20 bits per heavy atom. The normalized spacial score (nSPS) is 17.3. The Labute approximate surface area is 350 Å². The highest BCUT2D eigenvalue weighted by atomic mass is 32.2. The molecule has 0 bridgehead atoms. The fourth-order valence-corrected chi connectivity index (χ4v) is 10.6. The highest BCUT2D eigenvalue weighted by Gasteiger charge is 2.14. The van der Waals surface area contributed by atoms with E-state index in [1.807, 2.05) is 71.3 Å². The molecule has 0 fully saturated rings. The van der Waals surface area contributed by atoms with Gasteiger partial charge in [0.05, 0.1) is 0 Å². The number of nitrogens with zero attached hydrogens (tertiary/aromatic N) is 2. The predicted molar refractivity (Wildman–Crippen MR) is 239 cm³/mol. The van der Waals surface area contributed by atoms with E-state index >= 15 is 0 Å². The molecule has 6 nitrogen and oxygen atoms in total. The van der Waals surface area contributed by atoms with E-state index < -0.39 is 0 Å². The second-order valence-electron chi connectivity index (χ2n) is 13.7. The Balaban J connectivity index is 0.987. The summed E-state index contributed by atoms with van der Waals surface area (Å²) in [6.45, 7) is 8.04. The van der Waals surface area contributed by atoms with Crippen molar-refractivity contribution in [3.05, 3.63) is 144 Å². The number of benzene rings is 5. The van der Waals surface area contributed by atoms with E-state index in [4.69, 9.17) is 18.9 Å². The minimum Gasteiger partial charge on any atom is -0.490 e. The molecule has 2 aliphatic rings. The maximum atomic E-state index is 6.19. The predicted octanol–water partition coefficient (Wildman–Crippen LogP) is 10.3. The topological polar surface area (TPSA) is 43.4 Å². The summed E-state index contributed by atoms with van der Waals surface area (Å²) in [6.07, 6.45) is 0.